The number of nitrogens with zero attached hydrogens (tertiary/aromatic N) is 3. The van der Waals surface area contributed by atoms with Gasteiger partial charge in [0, 0.05) is 32.1 Å². The van der Waals surface area contributed by atoms with Crippen molar-refractivity contribution in [2.45, 2.75) is 13.8 Å². The fraction of sp³-hybridized carbons (Fsp3) is 0.500. The van der Waals surface area contributed by atoms with E-state index in [2.05, 4.69) is 15.2 Å². The van der Waals surface area contributed by atoms with E-state index >= 15 is 0 Å². The first-order valence-corrected chi connectivity index (χ1v) is 6.81. The van der Waals surface area contributed by atoms with E-state index in [0.717, 1.165) is 38.3 Å². The molecule has 2 heterocycles. The molecule has 1 aromatic rings. The largest absolute Gasteiger partial charge is 0.367 e. The lowest BCUT2D eigenvalue weighted by atomic mass is 10.2. The third-order valence-electron chi connectivity index (χ3n) is 3.35. The number of rotatable bonds is 4. The molecule has 0 aromatic carbocycles. The Bertz CT molecular complexity index is 465. The molecule has 0 unspecified atom stereocenters. The molecule has 0 spiro atoms. The maximum absolute atomic E-state index is 11.6. The Balaban J connectivity index is 1.95. The highest BCUT2D eigenvalue weighted by molar-refractivity contribution is 5.91. The number of pyridine rings is 1. The molecular formula is C14H20N4O2. The van der Waals surface area contributed by atoms with Crippen LogP contribution in [-0.2, 0) is 9.59 Å². The highest BCUT2D eigenvalue weighted by atomic mass is 16.2. The van der Waals surface area contributed by atoms with Crippen molar-refractivity contribution in [3.8, 4) is 0 Å². The van der Waals surface area contributed by atoms with Crippen molar-refractivity contribution in [2.24, 2.45) is 5.92 Å². The van der Waals surface area contributed by atoms with Crippen LogP contribution in [0.5, 0.6) is 0 Å². The molecule has 6 nitrogen and oxygen atoms in total. The monoisotopic (exact) mass is 276 g/mol. The number of carbonyl (C=O) groups is 2. The Labute approximate surface area is 118 Å². The highest BCUT2D eigenvalue weighted by Gasteiger charge is 2.16. The van der Waals surface area contributed by atoms with Crippen LogP contribution in [0, 0.1) is 5.92 Å². The van der Waals surface area contributed by atoms with E-state index in [1.54, 1.807) is 11.1 Å². The van der Waals surface area contributed by atoms with Crippen LogP contribution >= 0.6 is 0 Å². The Morgan fingerprint density at radius 2 is 2.00 bits per heavy atom. The summed E-state index contributed by atoms with van der Waals surface area (Å²) in [7, 11) is 0. The van der Waals surface area contributed by atoms with Gasteiger partial charge in [-0.25, -0.2) is 4.98 Å². The van der Waals surface area contributed by atoms with Gasteiger partial charge < -0.3 is 15.1 Å². The van der Waals surface area contributed by atoms with Gasteiger partial charge in [-0.15, -0.1) is 0 Å². The molecule has 1 saturated heterocycles. The number of amides is 2. The van der Waals surface area contributed by atoms with E-state index in [0.29, 0.717) is 5.82 Å². The second-order valence-corrected chi connectivity index (χ2v) is 5.17. The van der Waals surface area contributed by atoms with Crippen molar-refractivity contribution < 1.29 is 9.59 Å². The minimum atomic E-state index is -0.0621. The zero-order chi connectivity index (χ0) is 14.5. The molecule has 1 N–H and O–H groups in total. The van der Waals surface area contributed by atoms with E-state index in [4.69, 9.17) is 0 Å². The molecule has 2 rings (SSSR count). The van der Waals surface area contributed by atoms with E-state index in [-0.39, 0.29) is 11.8 Å². The van der Waals surface area contributed by atoms with Crippen molar-refractivity contribution in [1.82, 2.24) is 9.88 Å². The molecule has 20 heavy (non-hydrogen) atoms. The van der Waals surface area contributed by atoms with Crippen molar-refractivity contribution in [3.05, 3.63) is 18.3 Å². The zero-order valence-electron chi connectivity index (χ0n) is 11.9. The van der Waals surface area contributed by atoms with Crippen molar-refractivity contribution in [1.29, 1.82) is 0 Å². The highest BCUT2D eigenvalue weighted by Crippen LogP contribution is 2.17. The standard InChI is InChI=1S/C14H20N4O2/c1-11(2)14(20)16-13-4-3-12(9-15-13)18-7-5-17(10-19)6-8-18/h3-4,9-11H,5-8H2,1-2H3,(H,15,16,20). The second-order valence-electron chi connectivity index (χ2n) is 5.17. The normalized spacial score (nSPS) is 15.3. The molecule has 0 bridgehead atoms. The van der Waals surface area contributed by atoms with Gasteiger partial charge in [-0.2, -0.15) is 0 Å². The molecule has 1 aliphatic rings. The molecule has 0 aliphatic carbocycles. The summed E-state index contributed by atoms with van der Waals surface area (Å²) < 4.78 is 0. The summed E-state index contributed by atoms with van der Waals surface area (Å²) >= 11 is 0. The number of piperazine rings is 1. The zero-order valence-corrected chi connectivity index (χ0v) is 11.9. The minimum absolute atomic E-state index is 0.0372. The van der Waals surface area contributed by atoms with Crippen molar-refractivity contribution in [2.75, 3.05) is 36.4 Å². The smallest absolute Gasteiger partial charge is 0.228 e. The van der Waals surface area contributed by atoms with Gasteiger partial charge >= 0.3 is 0 Å². The molecule has 0 atom stereocenters. The Hall–Kier alpha value is -2.11. The van der Waals surface area contributed by atoms with Gasteiger partial charge in [-0.3, -0.25) is 9.59 Å². The molecule has 1 aromatic heterocycles. The lowest BCUT2D eigenvalue weighted by Gasteiger charge is -2.33. The van der Waals surface area contributed by atoms with Gasteiger partial charge in [0.2, 0.25) is 12.3 Å². The number of anilines is 2. The van der Waals surface area contributed by atoms with Crippen LogP contribution in [0.2, 0.25) is 0 Å². The SMILES string of the molecule is CC(C)C(=O)Nc1ccc(N2CCN(C=O)CC2)cn1. The summed E-state index contributed by atoms with van der Waals surface area (Å²) in [5, 5.41) is 2.76. The average Bonchev–Trinajstić information content (AvgIpc) is 2.48. The molecule has 108 valence electrons. The first kappa shape index (κ1) is 14.3. The summed E-state index contributed by atoms with van der Waals surface area (Å²) in [6, 6.07) is 3.75. The first-order chi connectivity index (χ1) is 9.60. The van der Waals surface area contributed by atoms with Crippen LogP contribution in [0.3, 0.4) is 0 Å². The Morgan fingerprint density at radius 1 is 1.30 bits per heavy atom. The fourth-order valence-corrected chi connectivity index (χ4v) is 2.00. The maximum Gasteiger partial charge on any atom is 0.228 e. The van der Waals surface area contributed by atoms with E-state index < -0.39 is 0 Å². The molecule has 0 radical (unpaired) electrons. The molecule has 1 aliphatic heterocycles. The Kier molecular flexibility index (Phi) is 4.55. The van der Waals surface area contributed by atoms with Gasteiger partial charge in [-0.05, 0) is 12.1 Å². The predicted octanol–water partition coefficient (Wildman–Crippen LogP) is 0.954. The lowest BCUT2D eigenvalue weighted by molar-refractivity contribution is -0.119. The summed E-state index contributed by atoms with van der Waals surface area (Å²) in [4.78, 5) is 30.4. The first-order valence-electron chi connectivity index (χ1n) is 6.81. The fourth-order valence-electron chi connectivity index (χ4n) is 2.00. The summed E-state index contributed by atoms with van der Waals surface area (Å²) in [5.41, 5.74) is 1.01. The Morgan fingerprint density at radius 3 is 2.50 bits per heavy atom. The van der Waals surface area contributed by atoms with Crippen LogP contribution in [0.1, 0.15) is 13.8 Å². The number of nitrogens with one attached hydrogen (secondary N) is 1. The molecule has 0 saturated carbocycles. The quantitative estimate of drug-likeness (QED) is 0.832. The van der Waals surface area contributed by atoms with Crippen LogP contribution < -0.4 is 10.2 Å². The van der Waals surface area contributed by atoms with E-state index in [9.17, 15) is 9.59 Å². The van der Waals surface area contributed by atoms with Crippen LogP contribution in [0.15, 0.2) is 18.3 Å². The molecule has 2 amide bonds. The van der Waals surface area contributed by atoms with Crippen molar-refractivity contribution >= 4 is 23.8 Å². The minimum Gasteiger partial charge on any atom is -0.367 e. The van der Waals surface area contributed by atoms with Crippen LogP contribution in [-0.4, -0.2) is 48.4 Å². The number of carbonyl (C=O) groups excluding carboxylic acids is 2. The predicted molar refractivity (Wildman–Crippen MR) is 77.6 cm³/mol. The summed E-state index contributed by atoms with van der Waals surface area (Å²) in [5.74, 6) is 0.469. The summed E-state index contributed by atoms with van der Waals surface area (Å²) in [6.45, 7) is 6.76. The third kappa shape index (κ3) is 3.46. The van der Waals surface area contributed by atoms with Crippen LogP contribution in [0.25, 0.3) is 0 Å². The lowest BCUT2D eigenvalue weighted by Crippen LogP contribution is -2.45. The number of aromatic nitrogens is 1. The van der Waals surface area contributed by atoms with Crippen LogP contribution in [0.4, 0.5) is 11.5 Å². The van der Waals surface area contributed by atoms with Crippen molar-refractivity contribution in [3.63, 3.8) is 0 Å². The van der Waals surface area contributed by atoms with Gasteiger partial charge in [0.1, 0.15) is 5.82 Å². The van der Waals surface area contributed by atoms with E-state index in [1.165, 1.54) is 0 Å². The topological polar surface area (TPSA) is 65.5 Å². The third-order valence-corrected chi connectivity index (χ3v) is 3.35. The molecule has 6 heteroatoms. The molecular weight excluding hydrogens is 256 g/mol. The number of hydrogen-bond acceptors (Lipinski definition) is 4. The number of hydrogen-bond donors (Lipinski definition) is 1. The summed E-state index contributed by atoms with van der Waals surface area (Å²) in [6.07, 6.45) is 2.65. The van der Waals surface area contributed by atoms with Gasteiger partial charge in [0.25, 0.3) is 0 Å². The van der Waals surface area contributed by atoms with Gasteiger partial charge in [0.15, 0.2) is 0 Å². The average molecular weight is 276 g/mol. The second kappa shape index (κ2) is 6.36. The van der Waals surface area contributed by atoms with Gasteiger partial charge in [0.05, 0.1) is 11.9 Å². The molecule has 1 fully saturated rings. The van der Waals surface area contributed by atoms with Gasteiger partial charge in [-0.1, -0.05) is 13.8 Å². The maximum atomic E-state index is 11.6. The van der Waals surface area contributed by atoms with E-state index in [1.807, 2.05) is 26.0 Å².